The molecular weight excluding hydrogens is 276 g/mol. The summed E-state index contributed by atoms with van der Waals surface area (Å²) in [6.07, 6.45) is 2.23. The van der Waals surface area contributed by atoms with Gasteiger partial charge in [0.2, 0.25) is 0 Å². The zero-order valence-corrected chi connectivity index (χ0v) is 14.1. The Labute approximate surface area is 134 Å². The Bertz CT molecular complexity index is 456. The van der Waals surface area contributed by atoms with Gasteiger partial charge in [0.1, 0.15) is 0 Å². The molecule has 2 N–H and O–H groups in total. The summed E-state index contributed by atoms with van der Waals surface area (Å²) in [4.78, 5) is 2.49. The van der Waals surface area contributed by atoms with Crippen molar-refractivity contribution in [3.63, 3.8) is 0 Å². The summed E-state index contributed by atoms with van der Waals surface area (Å²) < 4.78 is 5.56. The van der Waals surface area contributed by atoms with E-state index in [1.807, 2.05) is 25.1 Å². The number of aromatic hydroxyl groups is 1. The molecule has 0 bridgehead atoms. The number of ether oxygens (including phenoxy) is 1. The van der Waals surface area contributed by atoms with Gasteiger partial charge < -0.3 is 15.2 Å². The lowest BCUT2D eigenvalue weighted by Crippen LogP contribution is -2.45. The van der Waals surface area contributed by atoms with Gasteiger partial charge in [-0.2, -0.15) is 0 Å². The van der Waals surface area contributed by atoms with Crippen molar-refractivity contribution in [3.8, 4) is 11.5 Å². The molecule has 1 fully saturated rings. The molecular formula is C18H30N2O2. The van der Waals surface area contributed by atoms with Crippen LogP contribution in [-0.2, 0) is 0 Å². The summed E-state index contributed by atoms with van der Waals surface area (Å²) in [7, 11) is 0. The van der Waals surface area contributed by atoms with E-state index in [0.717, 1.165) is 44.6 Å². The van der Waals surface area contributed by atoms with Gasteiger partial charge in [-0.05, 0) is 31.7 Å². The molecule has 22 heavy (non-hydrogen) atoms. The van der Waals surface area contributed by atoms with Crippen LogP contribution in [0.1, 0.15) is 45.2 Å². The smallest absolute Gasteiger partial charge is 0.162 e. The standard InChI is InChI=1S/C18H30N2O2/c1-4-22-17-7-5-6-15(18(17)21)16(9-8-14(2)3)20-12-10-19-11-13-20/h5-7,14,16,19,21H,4,8-13H2,1-3H3/t16-/m1/s1. The summed E-state index contributed by atoms with van der Waals surface area (Å²) in [6.45, 7) is 11.1. The molecule has 124 valence electrons. The van der Waals surface area contributed by atoms with Crippen LogP contribution in [0.2, 0.25) is 0 Å². The normalized spacial score (nSPS) is 17.6. The minimum atomic E-state index is 0.268. The van der Waals surface area contributed by atoms with Crippen molar-refractivity contribution in [2.45, 2.75) is 39.7 Å². The molecule has 1 aliphatic heterocycles. The van der Waals surface area contributed by atoms with E-state index in [4.69, 9.17) is 4.74 Å². The molecule has 0 unspecified atom stereocenters. The first-order valence-electron chi connectivity index (χ1n) is 8.53. The highest BCUT2D eigenvalue weighted by molar-refractivity contribution is 5.47. The molecule has 0 spiro atoms. The van der Waals surface area contributed by atoms with Crippen molar-refractivity contribution >= 4 is 0 Å². The number of nitrogens with one attached hydrogen (secondary N) is 1. The second-order valence-electron chi connectivity index (χ2n) is 6.40. The first kappa shape index (κ1) is 17.1. The van der Waals surface area contributed by atoms with Gasteiger partial charge in [0.05, 0.1) is 6.61 Å². The van der Waals surface area contributed by atoms with E-state index in [1.165, 1.54) is 0 Å². The summed E-state index contributed by atoms with van der Waals surface area (Å²) in [6, 6.07) is 6.15. The monoisotopic (exact) mass is 306 g/mol. The predicted octanol–water partition coefficient (Wildman–Crippen LogP) is 3.17. The van der Waals surface area contributed by atoms with Gasteiger partial charge in [-0.3, -0.25) is 4.90 Å². The van der Waals surface area contributed by atoms with Crippen molar-refractivity contribution in [1.82, 2.24) is 10.2 Å². The van der Waals surface area contributed by atoms with Crippen LogP contribution in [0.3, 0.4) is 0 Å². The summed E-state index contributed by atoms with van der Waals surface area (Å²) in [5.74, 6) is 1.59. The second-order valence-corrected chi connectivity index (χ2v) is 6.40. The third kappa shape index (κ3) is 4.37. The largest absolute Gasteiger partial charge is 0.504 e. The lowest BCUT2D eigenvalue weighted by atomic mass is 9.95. The van der Waals surface area contributed by atoms with Gasteiger partial charge in [0, 0.05) is 37.8 Å². The van der Waals surface area contributed by atoms with Gasteiger partial charge in [-0.15, -0.1) is 0 Å². The molecule has 1 atom stereocenters. The Morgan fingerprint density at radius 2 is 1.95 bits per heavy atom. The highest BCUT2D eigenvalue weighted by Gasteiger charge is 2.25. The number of hydrogen-bond acceptors (Lipinski definition) is 4. The summed E-state index contributed by atoms with van der Waals surface area (Å²) in [5.41, 5.74) is 1.01. The number of phenols is 1. The first-order chi connectivity index (χ1) is 10.6. The van der Waals surface area contributed by atoms with Gasteiger partial charge in [-0.1, -0.05) is 26.0 Å². The molecule has 4 nitrogen and oxygen atoms in total. The Morgan fingerprint density at radius 3 is 2.59 bits per heavy atom. The maximum absolute atomic E-state index is 10.6. The third-order valence-corrected chi connectivity index (χ3v) is 4.30. The molecule has 4 heteroatoms. The fourth-order valence-corrected chi connectivity index (χ4v) is 3.10. The maximum atomic E-state index is 10.6. The quantitative estimate of drug-likeness (QED) is 0.812. The molecule has 2 rings (SSSR count). The summed E-state index contributed by atoms with van der Waals surface area (Å²) >= 11 is 0. The van der Waals surface area contributed by atoms with Crippen LogP contribution in [0.5, 0.6) is 11.5 Å². The molecule has 0 saturated carbocycles. The fraction of sp³-hybridized carbons (Fsp3) is 0.667. The Morgan fingerprint density at radius 1 is 1.23 bits per heavy atom. The Kier molecular flexibility index (Phi) is 6.52. The highest BCUT2D eigenvalue weighted by atomic mass is 16.5. The SMILES string of the molecule is CCOc1cccc([C@@H](CCC(C)C)N2CCNCC2)c1O. The van der Waals surface area contributed by atoms with E-state index in [2.05, 4.69) is 24.1 Å². The number of nitrogens with zero attached hydrogens (tertiary/aromatic N) is 1. The van der Waals surface area contributed by atoms with Gasteiger partial charge in [0.15, 0.2) is 11.5 Å². The number of benzene rings is 1. The maximum Gasteiger partial charge on any atom is 0.162 e. The van der Waals surface area contributed by atoms with Crippen LogP contribution in [-0.4, -0.2) is 42.8 Å². The van der Waals surface area contributed by atoms with E-state index in [1.54, 1.807) is 0 Å². The minimum absolute atomic E-state index is 0.268. The van der Waals surface area contributed by atoms with Crippen molar-refractivity contribution in [1.29, 1.82) is 0 Å². The lowest BCUT2D eigenvalue weighted by molar-refractivity contribution is 0.156. The van der Waals surface area contributed by atoms with Gasteiger partial charge in [0.25, 0.3) is 0 Å². The van der Waals surface area contributed by atoms with Crippen LogP contribution in [0, 0.1) is 5.92 Å². The van der Waals surface area contributed by atoms with E-state index < -0.39 is 0 Å². The molecule has 0 radical (unpaired) electrons. The molecule has 1 heterocycles. The summed E-state index contributed by atoms with van der Waals surface area (Å²) in [5, 5.41) is 14.0. The Hall–Kier alpha value is -1.26. The van der Waals surface area contributed by atoms with E-state index in [9.17, 15) is 5.11 Å². The molecule has 0 amide bonds. The van der Waals surface area contributed by atoms with Crippen molar-refractivity contribution < 1.29 is 9.84 Å². The predicted molar refractivity (Wildman–Crippen MR) is 90.5 cm³/mol. The first-order valence-corrected chi connectivity index (χ1v) is 8.53. The third-order valence-electron chi connectivity index (χ3n) is 4.30. The minimum Gasteiger partial charge on any atom is -0.504 e. The highest BCUT2D eigenvalue weighted by Crippen LogP contribution is 2.38. The number of rotatable bonds is 7. The molecule has 1 aromatic carbocycles. The lowest BCUT2D eigenvalue weighted by Gasteiger charge is -2.36. The zero-order chi connectivity index (χ0) is 15.9. The number of hydrogen-bond donors (Lipinski definition) is 2. The number of para-hydroxylation sites is 1. The van der Waals surface area contributed by atoms with Crippen molar-refractivity contribution in [2.75, 3.05) is 32.8 Å². The van der Waals surface area contributed by atoms with E-state index >= 15 is 0 Å². The molecule has 0 aromatic heterocycles. The van der Waals surface area contributed by atoms with Crippen molar-refractivity contribution in [2.24, 2.45) is 5.92 Å². The Balaban J connectivity index is 2.24. The van der Waals surface area contributed by atoms with Crippen LogP contribution in [0.15, 0.2) is 18.2 Å². The number of phenolic OH excluding ortho intramolecular Hbond substituents is 1. The van der Waals surface area contributed by atoms with Crippen LogP contribution < -0.4 is 10.1 Å². The number of piperazine rings is 1. The van der Waals surface area contributed by atoms with E-state index in [0.29, 0.717) is 24.0 Å². The van der Waals surface area contributed by atoms with Crippen LogP contribution in [0.4, 0.5) is 0 Å². The van der Waals surface area contributed by atoms with Gasteiger partial charge in [-0.25, -0.2) is 0 Å². The average Bonchev–Trinajstić information content (AvgIpc) is 2.52. The molecule has 0 aliphatic carbocycles. The zero-order valence-electron chi connectivity index (χ0n) is 14.1. The molecule has 1 saturated heterocycles. The molecule has 1 aliphatic rings. The van der Waals surface area contributed by atoms with Crippen molar-refractivity contribution in [3.05, 3.63) is 23.8 Å². The second kappa shape index (κ2) is 8.39. The molecule has 1 aromatic rings. The fourth-order valence-electron chi connectivity index (χ4n) is 3.10. The van der Waals surface area contributed by atoms with E-state index in [-0.39, 0.29) is 6.04 Å². The average molecular weight is 306 g/mol. The van der Waals surface area contributed by atoms with Gasteiger partial charge >= 0.3 is 0 Å². The van der Waals surface area contributed by atoms with Crippen LogP contribution in [0.25, 0.3) is 0 Å². The topological polar surface area (TPSA) is 44.7 Å². The van der Waals surface area contributed by atoms with Crippen LogP contribution >= 0.6 is 0 Å².